The van der Waals surface area contributed by atoms with Crippen LogP contribution in [0.4, 0.5) is 8.78 Å². The van der Waals surface area contributed by atoms with Crippen LogP contribution >= 0.6 is 12.4 Å². The second kappa shape index (κ2) is 8.90. The van der Waals surface area contributed by atoms with Gasteiger partial charge in [0, 0.05) is 32.1 Å². The fourth-order valence-corrected chi connectivity index (χ4v) is 2.44. The maximum Gasteiger partial charge on any atom is 0.387 e. The van der Waals surface area contributed by atoms with Crippen molar-refractivity contribution in [3.63, 3.8) is 0 Å². The van der Waals surface area contributed by atoms with Crippen molar-refractivity contribution < 1.29 is 18.3 Å². The molecule has 1 aromatic carbocycles. The molecule has 4 nitrogen and oxygen atoms in total. The molecule has 0 saturated carbocycles. The van der Waals surface area contributed by atoms with E-state index in [0.29, 0.717) is 12.8 Å². The molecule has 1 aromatic rings. The summed E-state index contributed by atoms with van der Waals surface area (Å²) in [6.07, 6.45) is 1.03. The molecule has 1 heterocycles. The Bertz CT molecular complexity index is 471. The highest BCUT2D eigenvalue weighted by atomic mass is 35.5. The van der Waals surface area contributed by atoms with Gasteiger partial charge in [-0.05, 0) is 31.0 Å². The van der Waals surface area contributed by atoms with Crippen LogP contribution < -0.4 is 10.1 Å². The van der Waals surface area contributed by atoms with E-state index in [2.05, 4.69) is 10.1 Å². The van der Waals surface area contributed by atoms with Crippen LogP contribution in [0.15, 0.2) is 24.3 Å². The number of piperazine rings is 1. The number of carbonyl (C=O) groups excluding carboxylic acids is 1. The topological polar surface area (TPSA) is 41.6 Å². The molecular formula is C15H21ClF2N2O2. The second-order valence-corrected chi connectivity index (χ2v) is 5.16. The van der Waals surface area contributed by atoms with Gasteiger partial charge in [-0.15, -0.1) is 12.4 Å². The number of alkyl halides is 2. The number of nitrogens with zero attached hydrogens (tertiary/aromatic N) is 1. The van der Waals surface area contributed by atoms with Crippen molar-refractivity contribution in [2.45, 2.75) is 32.4 Å². The second-order valence-electron chi connectivity index (χ2n) is 5.16. The molecule has 0 radical (unpaired) electrons. The lowest BCUT2D eigenvalue weighted by atomic mass is 10.1. The van der Waals surface area contributed by atoms with Crippen LogP contribution in [0.3, 0.4) is 0 Å². The quantitative estimate of drug-likeness (QED) is 0.899. The third kappa shape index (κ3) is 5.42. The Kier molecular flexibility index (Phi) is 7.55. The van der Waals surface area contributed by atoms with E-state index >= 15 is 0 Å². The molecule has 1 amide bonds. The van der Waals surface area contributed by atoms with E-state index in [-0.39, 0.29) is 30.1 Å². The van der Waals surface area contributed by atoms with Gasteiger partial charge in [-0.25, -0.2) is 0 Å². The first-order valence-corrected chi connectivity index (χ1v) is 7.10. The van der Waals surface area contributed by atoms with Crippen LogP contribution in [-0.4, -0.2) is 43.1 Å². The summed E-state index contributed by atoms with van der Waals surface area (Å²) in [6, 6.07) is 6.64. The molecule has 7 heteroatoms. The Morgan fingerprint density at radius 1 is 1.41 bits per heavy atom. The lowest BCUT2D eigenvalue weighted by molar-refractivity contribution is -0.133. The van der Waals surface area contributed by atoms with Gasteiger partial charge in [0.05, 0.1) is 0 Å². The van der Waals surface area contributed by atoms with Crippen LogP contribution in [0.1, 0.15) is 18.9 Å². The number of ether oxygens (including phenoxy) is 1. The van der Waals surface area contributed by atoms with Crippen LogP contribution in [0.25, 0.3) is 0 Å². The Morgan fingerprint density at radius 3 is 2.68 bits per heavy atom. The van der Waals surface area contributed by atoms with E-state index in [9.17, 15) is 13.6 Å². The first kappa shape index (κ1) is 18.6. The van der Waals surface area contributed by atoms with Gasteiger partial charge in [0.2, 0.25) is 5.91 Å². The lowest BCUT2D eigenvalue weighted by Gasteiger charge is -2.34. The Balaban J connectivity index is 0.00000242. The molecule has 0 aromatic heterocycles. The van der Waals surface area contributed by atoms with Gasteiger partial charge in [0.25, 0.3) is 0 Å². The zero-order chi connectivity index (χ0) is 15.2. The normalized spacial score (nSPS) is 18.0. The fraction of sp³-hybridized carbons (Fsp3) is 0.533. The number of carbonyl (C=O) groups is 1. The summed E-state index contributed by atoms with van der Waals surface area (Å²) >= 11 is 0. The molecule has 1 atom stereocenters. The SMILES string of the molecule is CC1CNCCN1C(=O)CCc1ccc(OC(F)F)cc1.Cl. The van der Waals surface area contributed by atoms with Crippen LogP contribution in [-0.2, 0) is 11.2 Å². The van der Waals surface area contributed by atoms with E-state index < -0.39 is 6.61 Å². The van der Waals surface area contributed by atoms with Crippen molar-refractivity contribution >= 4 is 18.3 Å². The molecule has 0 spiro atoms. The highest BCUT2D eigenvalue weighted by molar-refractivity contribution is 5.85. The third-order valence-electron chi connectivity index (χ3n) is 3.60. The minimum Gasteiger partial charge on any atom is -0.435 e. The molecule has 1 N–H and O–H groups in total. The average Bonchev–Trinajstić information content (AvgIpc) is 2.46. The molecule has 1 aliphatic rings. The highest BCUT2D eigenvalue weighted by Crippen LogP contribution is 2.16. The average molecular weight is 335 g/mol. The summed E-state index contributed by atoms with van der Waals surface area (Å²) in [5.41, 5.74) is 0.938. The van der Waals surface area contributed by atoms with Gasteiger partial charge < -0.3 is 15.0 Å². The number of halogens is 3. The van der Waals surface area contributed by atoms with Gasteiger partial charge in [-0.2, -0.15) is 8.78 Å². The maximum atomic E-state index is 12.2. The maximum absolute atomic E-state index is 12.2. The zero-order valence-electron chi connectivity index (χ0n) is 12.4. The molecular weight excluding hydrogens is 314 g/mol. The van der Waals surface area contributed by atoms with E-state index in [0.717, 1.165) is 25.2 Å². The smallest absolute Gasteiger partial charge is 0.387 e. The van der Waals surface area contributed by atoms with Gasteiger partial charge in [0.15, 0.2) is 0 Å². The summed E-state index contributed by atoms with van der Waals surface area (Å²) < 4.78 is 28.4. The number of benzene rings is 1. The van der Waals surface area contributed by atoms with Crippen molar-refractivity contribution in [3.8, 4) is 5.75 Å². The molecule has 124 valence electrons. The molecule has 1 unspecified atom stereocenters. The molecule has 1 saturated heterocycles. The number of rotatable bonds is 5. The van der Waals surface area contributed by atoms with Crippen LogP contribution in [0, 0.1) is 0 Å². The third-order valence-corrected chi connectivity index (χ3v) is 3.60. The summed E-state index contributed by atoms with van der Waals surface area (Å²) in [5, 5.41) is 3.25. The largest absolute Gasteiger partial charge is 0.435 e. The summed E-state index contributed by atoms with van der Waals surface area (Å²) in [7, 11) is 0. The van der Waals surface area contributed by atoms with E-state index in [4.69, 9.17) is 0 Å². The van der Waals surface area contributed by atoms with E-state index in [1.165, 1.54) is 12.1 Å². The van der Waals surface area contributed by atoms with E-state index in [1.807, 2.05) is 11.8 Å². The van der Waals surface area contributed by atoms with Crippen molar-refractivity contribution in [2.24, 2.45) is 0 Å². The van der Waals surface area contributed by atoms with Crippen molar-refractivity contribution in [2.75, 3.05) is 19.6 Å². The summed E-state index contributed by atoms with van der Waals surface area (Å²) in [5.74, 6) is 0.271. The monoisotopic (exact) mass is 334 g/mol. The Hall–Kier alpha value is -1.40. The summed E-state index contributed by atoms with van der Waals surface area (Å²) in [4.78, 5) is 14.1. The minimum absolute atomic E-state index is 0. The van der Waals surface area contributed by atoms with Crippen LogP contribution in [0.5, 0.6) is 5.75 Å². The lowest BCUT2D eigenvalue weighted by Crippen LogP contribution is -2.52. The fourth-order valence-electron chi connectivity index (χ4n) is 2.44. The number of hydrogen-bond acceptors (Lipinski definition) is 3. The van der Waals surface area contributed by atoms with Gasteiger partial charge in [-0.1, -0.05) is 12.1 Å². The predicted octanol–water partition coefficient (Wildman–Crippen LogP) is 2.46. The first-order chi connectivity index (χ1) is 10.1. The van der Waals surface area contributed by atoms with Crippen LogP contribution in [0.2, 0.25) is 0 Å². The molecule has 0 bridgehead atoms. The molecule has 1 fully saturated rings. The Morgan fingerprint density at radius 2 is 2.09 bits per heavy atom. The van der Waals surface area contributed by atoms with Crippen molar-refractivity contribution in [1.29, 1.82) is 0 Å². The minimum atomic E-state index is -2.81. The first-order valence-electron chi connectivity index (χ1n) is 7.10. The van der Waals surface area contributed by atoms with Crippen molar-refractivity contribution in [3.05, 3.63) is 29.8 Å². The van der Waals surface area contributed by atoms with E-state index in [1.54, 1.807) is 12.1 Å². The van der Waals surface area contributed by atoms with Gasteiger partial charge in [-0.3, -0.25) is 4.79 Å². The number of hydrogen-bond donors (Lipinski definition) is 1. The highest BCUT2D eigenvalue weighted by Gasteiger charge is 2.22. The standard InChI is InChI=1S/C15H20F2N2O2.ClH/c1-11-10-18-8-9-19(11)14(20)7-4-12-2-5-13(6-3-12)21-15(16)17;/h2-3,5-6,11,15,18H,4,7-10H2,1H3;1H. The molecule has 2 rings (SSSR count). The number of amides is 1. The number of aryl methyl sites for hydroxylation is 1. The van der Waals surface area contributed by atoms with Gasteiger partial charge >= 0.3 is 6.61 Å². The molecule has 0 aliphatic carbocycles. The molecule has 1 aliphatic heterocycles. The Labute approximate surface area is 135 Å². The summed E-state index contributed by atoms with van der Waals surface area (Å²) in [6.45, 7) is 1.61. The van der Waals surface area contributed by atoms with Crippen molar-refractivity contribution in [1.82, 2.24) is 10.2 Å². The predicted molar refractivity (Wildman–Crippen MR) is 82.7 cm³/mol. The molecule has 22 heavy (non-hydrogen) atoms. The number of nitrogens with one attached hydrogen (secondary N) is 1. The zero-order valence-corrected chi connectivity index (χ0v) is 13.2. The van der Waals surface area contributed by atoms with Gasteiger partial charge in [0.1, 0.15) is 5.75 Å².